The Morgan fingerprint density at radius 3 is 2.95 bits per heavy atom. The van der Waals surface area contributed by atoms with Crippen LogP contribution >= 0.6 is 0 Å². The first kappa shape index (κ1) is 14.2. The van der Waals surface area contributed by atoms with E-state index in [0.29, 0.717) is 31.5 Å². The van der Waals surface area contributed by atoms with E-state index in [0.717, 1.165) is 23.7 Å². The zero-order chi connectivity index (χ0) is 15.4. The van der Waals surface area contributed by atoms with Crippen LogP contribution in [-0.2, 0) is 13.6 Å². The molecule has 0 saturated heterocycles. The van der Waals surface area contributed by atoms with Gasteiger partial charge in [-0.25, -0.2) is 4.99 Å². The summed E-state index contributed by atoms with van der Waals surface area (Å²) in [5.74, 6) is 2.50. The number of nitrogens with one attached hydrogen (secondary N) is 1. The Bertz CT molecular complexity index is 682. The first-order valence-corrected chi connectivity index (χ1v) is 7.02. The number of nitrogens with two attached hydrogens (primary N) is 1. The van der Waals surface area contributed by atoms with Gasteiger partial charge in [0.1, 0.15) is 12.9 Å². The average Bonchev–Trinajstić information content (AvgIpc) is 2.78. The summed E-state index contributed by atoms with van der Waals surface area (Å²) in [6, 6.07) is 5.59. The summed E-state index contributed by atoms with van der Waals surface area (Å²) >= 11 is 0. The van der Waals surface area contributed by atoms with Gasteiger partial charge in [-0.2, -0.15) is 0 Å². The summed E-state index contributed by atoms with van der Waals surface area (Å²) in [6.45, 7) is 1.67. The molecule has 0 radical (unpaired) electrons. The maximum Gasteiger partial charge on any atom is 0.193 e. The molecule has 0 atom stereocenters. The number of aryl methyl sites for hydroxylation is 1. The number of ether oxygens (including phenoxy) is 2. The molecule has 3 N–H and O–H groups in total. The molecule has 0 saturated carbocycles. The third-order valence-corrected chi connectivity index (χ3v) is 3.22. The first-order valence-electron chi connectivity index (χ1n) is 7.02. The number of rotatable bonds is 3. The lowest BCUT2D eigenvalue weighted by Gasteiger charge is -2.10. The van der Waals surface area contributed by atoms with E-state index >= 15 is 0 Å². The first-order chi connectivity index (χ1) is 10.7. The molecule has 1 aliphatic rings. The second-order valence-electron chi connectivity index (χ2n) is 4.90. The molecule has 0 bridgehead atoms. The zero-order valence-electron chi connectivity index (χ0n) is 12.3. The van der Waals surface area contributed by atoms with Crippen LogP contribution < -0.4 is 20.5 Å². The summed E-state index contributed by atoms with van der Waals surface area (Å²) in [6.07, 6.45) is 2.50. The molecular weight excluding hydrogens is 284 g/mol. The molecule has 22 heavy (non-hydrogen) atoms. The summed E-state index contributed by atoms with van der Waals surface area (Å²) in [5.41, 5.74) is 6.68. The third-order valence-electron chi connectivity index (χ3n) is 3.22. The highest BCUT2D eigenvalue weighted by molar-refractivity contribution is 5.92. The van der Waals surface area contributed by atoms with Crippen LogP contribution in [-0.4, -0.2) is 33.9 Å². The molecule has 2 heterocycles. The Morgan fingerprint density at radius 2 is 2.18 bits per heavy atom. The highest BCUT2D eigenvalue weighted by atomic mass is 16.5. The van der Waals surface area contributed by atoms with Crippen molar-refractivity contribution in [2.24, 2.45) is 17.8 Å². The fourth-order valence-electron chi connectivity index (χ4n) is 2.03. The normalized spacial score (nSPS) is 14.5. The molecule has 0 fully saturated rings. The van der Waals surface area contributed by atoms with Gasteiger partial charge in [-0.15, -0.1) is 10.2 Å². The Hall–Kier alpha value is -2.77. The molecule has 1 aliphatic heterocycles. The summed E-state index contributed by atoms with van der Waals surface area (Å²) in [4.78, 5) is 4.24. The second kappa shape index (κ2) is 6.33. The molecule has 1 aromatic heterocycles. The Morgan fingerprint density at radius 1 is 1.36 bits per heavy atom. The number of nitrogens with zero attached hydrogens (tertiary/aromatic N) is 4. The number of fused-ring (bicyclic) bond motifs is 1. The van der Waals surface area contributed by atoms with Crippen LogP contribution in [0.3, 0.4) is 0 Å². The van der Waals surface area contributed by atoms with Crippen molar-refractivity contribution >= 4 is 11.6 Å². The number of hydrogen-bond donors (Lipinski definition) is 2. The number of guanidine groups is 1. The maximum absolute atomic E-state index is 5.89. The summed E-state index contributed by atoms with van der Waals surface area (Å²) in [5, 5.41) is 10.8. The fourth-order valence-corrected chi connectivity index (χ4v) is 2.03. The minimum atomic E-state index is 0.303. The molecule has 116 valence electrons. The molecule has 0 amide bonds. The van der Waals surface area contributed by atoms with Gasteiger partial charge in [-0.1, -0.05) is 0 Å². The predicted molar refractivity (Wildman–Crippen MR) is 82.0 cm³/mol. The highest BCUT2D eigenvalue weighted by Gasteiger charge is 2.10. The SMILES string of the molecule is Cn1cnnc1CN=C(N)Nc1ccc2c(c1)OCCCO2. The van der Waals surface area contributed by atoms with Gasteiger partial charge in [0, 0.05) is 25.2 Å². The lowest BCUT2D eigenvalue weighted by molar-refractivity contribution is 0.297. The highest BCUT2D eigenvalue weighted by Crippen LogP contribution is 2.32. The monoisotopic (exact) mass is 302 g/mol. The lowest BCUT2D eigenvalue weighted by atomic mass is 10.3. The third kappa shape index (κ3) is 3.27. The van der Waals surface area contributed by atoms with E-state index in [9.17, 15) is 0 Å². The van der Waals surface area contributed by atoms with Crippen molar-refractivity contribution in [3.05, 3.63) is 30.4 Å². The number of hydrogen-bond acceptors (Lipinski definition) is 5. The molecular formula is C14H18N6O2. The summed E-state index contributed by atoms with van der Waals surface area (Å²) in [7, 11) is 1.86. The van der Waals surface area contributed by atoms with Crippen LogP contribution in [0.5, 0.6) is 11.5 Å². The van der Waals surface area contributed by atoms with Gasteiger partial charge in [0.15, 0.2) is 23.3 Å². The summed E-state index contributed by atoms with van der Waals surface area (Å²) < 4.78 is 13.0. The van der Waals surface area contributed by atoms with E-state index in [-0.39, 0.29) is 0 Å². The predicted octanol–water partition coefficient (Wildman–Crippen LogP) is 0.903. The van der Waals surface area contributed by atoms with Gasteiger partial charge in [0.2, 0.25) is 0 Å². The average molecular weight is 302 g/mol. The number of benzene rings is 1. The molecule has 3 rings (SSSR count). The molecule has 0 unspecified atom stereocenters. The van der Waals surface area contributed by atoms with E-state index in [4.69, 9.17) is 15.2 Å². The van der Waals surface area contributed by atoms with Crippen LogP contribution in [0, 0.1) is 0 Å². The molecule has 1 aromatic carbocycles. The van der Waals surface area contributed by atoms with E-state index < -0.39 is 0 Å². The van der Waals surface area contributed by atoms with Crippen molar-refractivity contribution < 1.29 is 9.47 Å². The smallest absolute Gasteiger partial charge is 0.193 e. The minimum absolute atomic E-state index is 0.303. The lowest BCUT2D eigenvalue weighted by Crippen LogP contribution is -2.22. The van der Waals surface area contributed by atoms with Gasteiger partial charge >= 0.3 is 0 Å². The number of anilines is 1. The van der Waals surface area contributed by atoms with Gasteiger partial charge in [-0.3, -0.25) is 0 Å². The van der Waals surface area contributed by atoms with Crippen molar-refractivity contribution in [3.8, 4) is 11.5 Å². The quantitative estimate of drug-likeness (QED) is 0.645. The zero-order valence-corrected chi connectivity index (χ0v) is 12.3. The number of aliphatic imine (C=N–C) groups is 1. The minimum Gasteiger partial charge on any atom is -0.490 e. The van der Waals surface area contributed by atoms with Gasteiger partial charge < -0.3 is 25.1 Å². The standard InChI is InChI=1S/C14H18N6O2/c1-20-9-17-19-13(20)8-16-14(15)18-10-3-4-11-12(7-10)22-6-2-5-21-11/h3-4,7,9H,2,5-6,8H2,1H3,(H3,15,16,18). The Labute approximate surface area is 128 Å². The molecule has 2 aromatic rings. The van der Waals surface area contributed by atoms with E-state index in [2.05, 4.69) is 20.5 Å². The number of aromatic nitrogens is 3. The van der Waals surface area contributed by atoms with E-state index in [1.165, 1.54) is 0 Å². The van der Waals surface area contributed by atoms with Crippen LogP contribution in [0.25, 0.3) is 0 Å². The Kier molecular flexibility index (Phi) is 4.08. The van der Waals surface area contributed by atoms with Crippen LogP contribution in [0.1, 0.15) is 12.2 Å². The van der Waals surface area contributed by atoms with Gasteiger partial charge in [-0.05, 0) is 12.1 Å². The van der Waals surface area contributed by atoms with E-state index in [1.54, 1.807) is 10.9 Å². The van der Waals surface area contributed by atoms with Crippen molar-refractivity contribution in [2.45, 2.75) is 13.0 Å². The maximum atomic E-state index is 5.89. The molecule has 0 aliphatic carbocycles. The van der Waals surface area contributed by atoms with Crippen LogP contribution in [0.2, 0.25) is 0 Å². The van der Waals surface area contributed by atoms with Gasteiger partial charge in [0.05, 0.1) is 13.2 Å². The van der Waals surface area contributed by atoms with Crippen molar-refractivity contribution in [2.75, 3.05) is 18.5 Å². The molecule has 8 heteroatoms. The molecule has 8 nitrogen and oxygen atoms in total. The van der Waals surface area contributed by atoms with Crippen molar-refractivity contribution in [1.29, 1.82) is 0 Å². The van der Waals surface area contributed by atoms with Gasteiger partial charge in [0.25, 0.3) is 0 Å². The second-order valence-corrected chi connectivity index (χ2v) is 4.90. The topological polar surface area (TPSA) is 99.6 Å². The van der Waals surface area contributed by atoms with E-state index in [1.807, 2.05) is 25.2 Å². The largest absolute Gasteiger partial charge is 0.490 e. The Balaban J connectivity index is 1.67. The molecule has 0 spiro atoms. The fraction of sp³-hybridized carbons (Fsp3) is 0.357. The van der Waals surface area contributed by atoms with Crippen molar-refractivity contribution in [1.82, 2.24) is 14.8 Å². The van der Waals surface area contributed by atoms with Crippen LogP contribution in [0.15, 0.2) is 29.5 Å². The van der Waals surface area contributed by atoms with Crippen LogP contribution in [0.4, 0.5) is 5.69 Å². The van der Waals surface area contributed by atoms with Crippen molar-refractivity contribution in [3.63, 3.8) is 0 Å².